The standard InChI is InChI=1S/C31H37FN2O5/c1-20-8-5-3-2-4-6-9-23(18-20)39-31(38)34-26-11-7-10-24(26)30(25-19-21(32)12-15-27(25)34)33(22-13-14-22)28(35)16-17-29(36)37/h2-3,5,8,12,15,19,22-24,26,30H,1,4,6-7,9-11,13-14,16-18H2,(H,36,37)/b3-2-,8-5-/t23?,24-,26+,30-/m1/s1. The van der Waals surface area contributed by atoms with E-state index in [0.717, 1.165) is 56.9 Å². The van der Waals surface area contributed by atoms with Crippen molar-refractivity contribution >= 4 is 23.7 Å². The van der Waals surface area contributed by atoms with E-state index in [0.29, 0.717) is 17.7 Å². The van der Waals surface area contributed by atoms with Crippen LogP contribution in [0.25, 0.3) is 0 Å². The first-order valence-corrected chi connectivity index (χ1v) is 14.2. The highest BCUT2D eigenvalue weighted by Crippen LogP contribution is 2.53. The number of carboxylic acids is 1. The molecule has 1 unspecified atom stereocenters. The summed E-state index contributed by atoms with van der Waals surface area (Å²) in [7, 11) is 0. The second kappa shape index (κ2) is 11.8. The zero-order chi connectivity index (χ0) is 27.5. The van der Waals surface area contributed by atoms with Gasteiger partial charge in [0.15, 0.2) is 0 Å². The summed E-state index contributed by atoms with van der Waals surface area (Å²) in [6, 6.07) is 3.85. The fourth-order valence-corrected chi connectivity index (χ4v) is 6.51. The Morgan fingerprint density at radius 1 is 1.08 bits per heavy atom. The Bertz CT molecular complexity index is 1190. The summed E-state index contributed by atoms with van der Waals surface area (Å²) < 4.78 is 20.8. The van der Waals surface area contributed by atoms with Crippen LogP contribution >= 0.6 is 0 Å². The van der Waals surface area contributed by atoms with Crippen molar-refractivity contribution in [2.75, 3.05) is 4.90 Å². The van der Waals surface area contributed by atoms with Crippen LogP contribution in [-0.4, -0.2) is 46.2 Å². The molecule has 0 bridgehead atoms. The molecule has 8 heteroatoms. The third-order valence-corrected chi connectivity index (χ3v) is 8.35. The van der Waals surface area contributed by atoms with Crippen molar-refractivity contribution in [2.45, 2.75) is 94.9 Å². The van der Waals surface area contributed by atoms with Gasteiger partial charge in [0, 0.05) is 36.4 Å². The molecule has 0 radical (unpaired) electrons. The largest absolute Gasteiger partial charge is 0.481 e. The number of carbonyl (C=O) groups excluding carboxylic acids is 2. The van der Waals surface area contributed by atoms with E-state index < -0.39 is 23.9 Å². The van der Waals surface area contributed by atoms with E-state index in [1.54, 1.807) is 11.0 Å². The van der Waals surface area contributed by atoms with Gasteiger partial charge in [0.2, 0.25) is 5.91 Å². The van der Waals surface area contributed by atoms with Crippen LogP contribution < -0.4 is 4.90 Å². The van der Waals surface area contributed by atoms with E-state index in [1.807, 2.05) is 23.1 Å². The number of rotatable bonds is 6. The maximum absolute atomic E-state index is 14.7. The predicted molar refractivity (Wildman–Crippen MR) is 146 cm³/mol. The maximum Gasteiger partial charge on any atom is 0.414 e. The third-order valence-electron chi connectivity index (χ3n) is 8.35. The molecule has 1 aromatic carbocycles. The van der Waals surface area contributed by atoms with Crippen LogP contribution in [0.4, 0.5) is 14.9 Å². The molecule has 2 fully saturated rings. The Kier molecular flexibility index (Phi) is 8.19. The molecule has 3 aliphatic carbocycles. The van der Waals surface area contributed by atoms with E-state index >= 15 is 0 Å². The molecule has 1 N–H and O–H groups in total. The average Bonchev–Trinajstić information content (AvgIpc) is 3.62. The molecule has 2 amide bonds. The van der Waals surface area contributed by atoms with Crippen molar-refractivity contribution in [3.05, 3.63) is 66.0 Å². The fourth-order valence-electron chi connectivity index (χ4n) is 6.51. The molecule has 39 heavy (non-hydrogen) atoms. The first kappa shape index (κ1) is 27.2. The summed E-state index contributed by atoms with van der Waals surface area (Å²) in [5.41, 5.74) is 2.07. The van der Waals surface area contributed by atoms with E-state index in [2.05, 4.69) is 12.7 Å². The third kappa shape index (κ3) is 6.10. The molecule has 2 saturated carbocycles. The fraction of sp³-hybridized carbons (Fsp3) is 0.516. The van der Waals surface area contributed by atoms with Crippen LogP contribution in [0, 0.1) is 11.7 Å². The molecule has 0 saturated heterocycles. The van der Waals surface area contributed by atoms with Gasteiger partial charge in [-0.05, 0) is 63.1 Å². The van der Waals surface area contributed by atoms with E-state index in [-0.39, 0.29) is 42.9 Å². The first-order valence-electron chi connectivity index (χ1n) is 14.2. The quantitative estimate of drug-likeness (QED) is 0.451. The lowest BCUT2D eigenvalue weighted by molar-refractivity contribution is -0.142. The number of halogens is 1. The Morgan fingerprint density at radius 3 is 2.67 bits per heavy atom. The Labute approximate surface area is 229 Å². The molecule has 4 atom stereocenters. The number of allylic oxidation sites excluding steroid dienone is 4. The highest BCUT2D eigenvalue weighted by Gasteiger charge is 2.52. The summed E-state index contributed by atoms with van der Waals surface area (Å²) >= 11 is 0. The minimum Gasteiger partial charge on any atom is -0.481 e. The highest BCUT2D eigenvalue weighted by molar-refractivity contribution is 5.91. The number of fused-ring (bicyclic) bond motifs is 2. The van der Waals surface area contributed by atoms with Crippen LogP contribution in [0.3, 0.4) is 0 Å². The Morgan fingerprint density at radius 2 is 1.90 bits per heavy atom. The zero-order valence-corrected chi connectivity index (χ0v) is 22.3. The number of anilines is 1. The SMILES string of the molecule is C=C1/C=C\C=C/CCCC(OC(=O)N2c3ccc(F)cc3[C@H](N(C(=O)CCC(=O)O)C3CC3)[C@@H]3CCC[C@@H]32)C1. The summed E-state index contributed by atoms with van der Waals surface area (Å²) in [5, 5.41) is 9.17. The van der Waals surface area contributed by atoms with Crippen molar-refractivity contribution < 1.29 is 28.6 Å². The minimum atomic E-state index is -1.02. The van der Waals surface area contributed by atoms with Gasteiger partial charge in [-0.1, -0.05) is 42.9 Å². The van der Waals surface area contributed by atoms with E-state index in [1.165, 1.54) is 12.1 Å². The van der Waals surface area contributed by atoms with Gasteiger partial charge < -0.3 is 14.7 Å². The van der Waals surface area contributed by atoms with Crippen LogP contribution in [0.2, 0.25) is 0 Å². The molecule has 7 nitrogen and oxygen atoms in total. The topological polar surface area (TPSA) is 87.2 Å². The molecule has 5 rings (SSSR count). The number of nitrogens with zero attached hydrogens (tertiary/aromatic N) is 2. The lowest BCUT2D eigenvalue weighted by Crippen LogP contribution is -2.53. The number of carboxylic acid groups (broad SMARTS) is 1. The van der Waals surface area contributed by atoms with Crippen LogP contribution in [0.5, 0.6) is 0 Å². The minimum absolute atomic E-state index is 0.0169. The van der Waals surface area contributed by atoms with Gasteiger partial charge in [0.25, 0.3) is 0 Å². The number of amides is 2. The summed E-state index contributed by atoms with van der Waals surface area (Å²) in [6.07, 6.45) is 14.1. The van der Waals surface area contributed by atoms with Crippen LogP contribution in [-0.2, 0) is 14.3 Å². The van der Waals surface area contributed by atoms with Crippen molar-refractivity contribution in [1.29, 1.82) is 0 Å². The lowest BCUT2D eigenvalue weighted by Gasteiger charge is -2.47. The Balaban J connectivity index is 1.46. The van der Waals surface area contributed by atoms with Crippen molar-refractivity contribution in [3.63, 3.8) is 0 Å². The molecular formula is C31H37FN2O5. The predicted octanol–water partition coefficient (Wildman–Crippen LogP) is 6.46. The number of carbonyl (C=O) groups is 3. The summed E-state index contributed by atoms with van der Waals surface area (Å²) in [4.78, 5) is 42.0. The zero-order valence-electron chi connectivity index (χ0n) is 22.3. The van der Waals surface area contributed by atoms with Gasteiger partial charge in [0.05, 0.1) is 18.2 Å². The second-order valence-electron chi connectivity index (χ2n) is 11.2. The van der Waals surface area contributed by atoms with Gasteiger partial charge >= 0.3 is 12.1 Å². The number of hydrogen-bond acceptors (Lipinski definition) is 4. The van der Waals surface area contributed by atoms with E-state index in [9.17, 15) is 23.9 Å². The molecule has 1 aliphatic heterocycles. The molecule has 1 aromatic rings. The monoisotopic (exact) mass is 536 g/mol. The number of ether oxygens (including phenoxy) is 1. The number of hydrogen-bond donors (Lipinski definition) is 1. The smallest absolute Gasteiger partial charge is 0.414 e. The van der Waals surface area contributed by atoms with Crippen molar-refractivity contribution in [1.82, 2.24) is 4.90 Å². The highest BCUT2D eigenvalue weighted by atomic mass is 19.1. The Hall–Kier alpha value is -3.42. The normalized spacial score (nSPS) is 28.1. The first-order chi connectivity index (χ1) is 18.8. The van der Waals surface area contributed by atoms with E-state index in [4.69, 9.17) is 4.74 Å². The maximum atomic E-state index is 14.7. The molecule has 0 spiro atoms. The summed E-state index contributed by atoms with van der Waals surface area (Å²) in [6.45, 7) is 4.11. The second-order valence-corrected chi connectivity index (χ2v) is 11.2. The summed E-state index contributed by atoms with van der Waals surface area (Å²) in [5.74, 6) is -1.74. The van der Waals surface area contributed by atoms with Gasteiger partial charge in [0.1, 0.15) is 11.9 Å². The molecule has 208 valence electrons. The van der Waals surface area contributed by atoms with Gasteiger partial charge in [-0.25, -0.2) is 9.18 Å². The molecule has 1 heterocycles. The van der Waals surface area contributed by atoms with Gasteiger partial charge in [-0.3, -0.25) is 14.5 Å². The number of benzene rings is 1. The lowest BCUT2D eigenvalue weighted by atomic mass is 9.81. The number of aliphatic carboxylic acids is 1. The van der Waals surface area contributed by atoms with Crippen molar-refractivity contribution in [2.24, 2.45) is 5.92 Å². The molecule has 0 aromatic heterocycles. The van der Waals surface area contributed by atoms with Gasteiger partial charge in [-0.2, -0.15) is 0 Å². The molecule has 4 aliphatic rings. The van der Waals surface area contributed by atoms with Crippen LogP contribution in [0.1, 0.15) is 82.2 Å². The molecular weight excluding hydrogens is 499 g/mol. The van der Waals surface area contributed by atoms with Crippen LogP contribution in [0.15, 0.2) is 54.7 Å². The average molecular weight is 537 g/mol. The van der Waals surface area contributed by atoms with Gasteiger partial charge in [-0.15, -0.1) is 0 Å². The van der Waals surface area contributed by atoms with Crippen molar-refractivity contribution in [3.8, 4) is 0 Å².